The molecule has 1 amide bonds. The maximum Gasteiger partial charge on any atom is 0.274 e. The van der Waals surface area contributed by atoms with Crippen molar-refractivity contribution in [3.05, 3.63) is 88.2 Å². The summed E-state index contributed by atoms with van der Waals surface area (Å²) in [4.78, 5) is 16.5. The molecule has 0 aliphatic carbocycles. The van der Waals surface area contributed by atoms with Gasteiger partial charge in [-0.15, -0.1) is 0 Å². The van der Waals surface area contributed by atoms with Crippen LogP contribution < -0.4 is 10.6 Å². The van der Waals surface area contributed by atoms with Crippen molar-refractivity contribution in [3.63, 3.8) is 0 Å². The number of carbonyl (C=O) groups is 1. The molecule has 0 spiro atoms. The summed E-state index contributed by atoms with van der Waals surface area (Å²) in [7, 11) is 0. The predicted molar refractivity (Wildman–Crippen MR) is 102 cm³/mol. The largest absolute Gasteiger partial charge is 0.381 e. The second-order valence-electron chi connectivity index (χ2n) is 5.34. The van der Waals surface area contributed by atoms with Gasteiger partial charge in [0.25, 0.3) is 5.91 Å². The standard InChI is InChI=1S/C19H15Cl2N3O/c20-14-7-5-13(6-8-14)12-23-15-9-10-22-18(11-15)19(25)24-17-4-2-1-3-16(17)21/h1-11H,12H2,(H,22,23)(H,24,25). The van der Waals surface area contributed by atoms with Crippen molar-refractivity contribution in [2.75, 3.05) is 10.6 Å². The number of nitrogens with zero attached hydrogens (tertiary/aromatic N) is 1. The van der Waals surface area contributed by atoms with Crippen molar-refractivity contribution < 1.29 is 4.79 Å². The van der Waals surface area contributed by atoms with Crippen LogP contribution in [0, 0.1) is 0 Å². The summed E-state index contributed by atoms with van der Waals surface area (Å²) in [5.74, 6) is -0.316. The van der Waals surface area contributed by atoms with Crippen molar-refractivity contribution in [1.82, 2.24) is 4.98 Å². The second-order valence-corrected chi connectivity index (χ2v) is 6.19. The van der Waals surface area contributed by atoms with Crippen LogP contribution in [0.2, 0.25) is 10.0 Å². The van der Waals surface area contributed by atoms with Gasteiger partial charge in [0.2, 0.25) is 0 Å². The molecule has 1 aromatic heterocycles. The third-order valence-electron chi connectivity index (χ3n) is 3.52. The fourth-order valence-corrected chi connectivity index (χ4v) is 2.53. The van der Waals surface area contributed by atoms with Crippen LogP contribution in [0.5, 0.6) is 0 Å². The molecule has 0 unspecified atom stereocenters. The third kappa shape index (κ3) is 4.72. The van der Waals surface area contributed by atoms with Crippen LogP contribution in [0.15, 0.2) is 66.9 Å². The van der Waals surface area contributed by atoms with E-state index in [0.29, 0.717) is 28.0 Å². The molecule has 0 bridgehead atoms. The molecule has 0 saturated carbocycles. The molecule has 3 aromatic rings. The van der Waals surface area contributed by atoms with E-state index in [1.165, 1.54) is 0 Å². The van der Waals surface area contributed by atoms with E-state index >= 15 is 0 Å². The van der Waals surface area contributed by atoms with E-state index in [4.69, 9.17) is 23.2 Å². The number of benzene rings is 2. The highest BCUT2D eigenvalue weighted by Crippen LogP contribution is 2.21. The Morgan fingerprint density at radius 3 is 2.52 bits per heavy atom. The lowest BCUT2D eigenvalue weighted by molar-refractivity contribution is 0.102. The summed E-state index contributed by atoms with van der Waals surface area (Å²) in [6.45, 7) is 0.618. The molecule has 0 saturated heterocycles. The number of anilines is 2. The maximum atomic E-state index is 12.4. The highest BCUT2D eigenvalue weighted by atomic mass is 35.5. The first kappa shape index (κ1) is 17.3. The average Bonchev–Trinajstić information content (AvgIpc) is 2.63. The van der Waals surface area contributed by atoms with Crippen molar-refractivity contribution in [2.24, 2.45) is 0 Å². The molecule has 4 nitrogen and oxygen atoms in total. The Bertz CT molecular complexity index is 882. The minimum Gasteiger partial charge on any atom is -0.381 e. The van der Waals surface area contributed by atoms with Gasteiger partial charge in [-0.1, -0.05) is 47.5 Å². The number of amides is 1. The van der Waals surface area contributed by atoms with Gasteiger partial charge in [0, 0.05) is 23.5 Å². The first-order valence-electron chi connectivity index (χ1n) is 7.62. The molecule has 1 heterocycles. The van der Waals surface area contributed by atoms with Crippen LogP contribution in [-0.4, -0.2) is 10.9 Å². The van der Waals surface area contributed by atoms with Crippen LogP contribution in [-0.2, 0) is 6.54 Å². The number of para-hydroxylation sites is 1. The number of halogens is 2. The van der Waals surface area contributed by atoms with Gasteiger partial charge in [-0.2, -0.15) is 0 Å². The summed E-state index contributed by atoms with van der Waals surface area (Å²) >= 11 is 11.9. The maximum absolute atomic E-state index is 12.4. The Morgan fingerprint density at radius 2 is 1.76 bits per heavy atom. The third-order valence-corrected chi connectivity index (χ3v) is 4.11. The highest BCUT2D eigenvalue weighted by molar-refractivity contribution is 6.33. The lowest BCUT2D eigenvalue weighted by Crippen LogP contribution is -2.14. The number of carbonyl (C=O) groups excluding carboxylic acids is 1. The fourth-order valence-electron chi connectivity index (χ4n) is 2.22. The van der Waals surface area contributed by atoms with Gasteiger partial charge in [-0.3, -0.25) is 9.78 Å². The Kier molecular flexibility index (Phi) is 5.53. The van der Waals surface area contributed by atoms with Gasteiger partial charge in [0.05, 0.1) is 10.7 Å². The van der Waals surface area contributed by atoms with E-state index in [1.54, 1.807) is 36.5 Å². The van der Waals surface area contributed by atoms with Crippen LogP contribution in [0.1, 0.15) is 16.1 Å². The summed E-state index contributed by atoms with van der Waals surface area (Å²) in [5.41, 5.74) is 2.74. The number of nitrogens with one attached hydrogen (secondary N) is 2. The number of rotatable bonds is 5. The second kappa shape index (κ2) is 8.01. The highest BCUT2D eigenvalue weighted by Gasteiger charge is 2.10. The number of hydrogen-bond acceptors (Lipinski definition) is 3. The predicted octanol–water partition coefficient (Wildman–Crippen LogP) is 5.25. The summed E-state index contributed by atoms with van der Waals surface area (Å²) in [6, 6.07) is 18.1. The van der Waals surface area contributed by atoms with E-state index in [9.17, 15) is 4.79 Å². The van der Waals surface area contributed by atoms with Crippen molar-refractivity contribution in [1.29, 1.82) is 0 Å². The number of aromatic nitrogens is 1. The summed E-state index contributed by atoms with van der Waals surface area (Å²) in [6.07, 6.45) is 1.59. The molecular weight excluding hydrogens is 357 g/mol. The summed E-state index contributed by atoms with van der Waals surface area (Å²) in [5, 5.41) is 7.20. The topological polar surface area (TPSA) is 54.0 Å². The van der Waals surface area contributed by atoms with Gasteiger partial charge in [-0.05, 0) is 42.0 Å². The Hall–Kier alpha value is -2.56. The van der Waals surface area contributed by atoms with Crippen molar-refractivity contribution >= 4 is 40.5 Å². The molecule has 0 aliphatic rings. The molecule has 0 radical (unpaired) electrons. The average molecular weight is 372 g/mol. The van der Waals surface area contributed by atoms with E-state index in [-0.39, 0.29) is 5.91 Å². The molecule has 0 fully saturated rings. The molecular formula is C19H15Cl2N3O. The van der Waals surface area contributed by atoms with Gasteiger partial charge in [0.15, 0.2) is 0 Å². The molecule has 3 rings (SSSR count). The quantitative estimate of drug-likeness (QED) is 0.643. The zero-order chi connectivity index (χ0) is 17.6. The van der Waals surface area contributed by atoms with Gasteiger partial charge in [-0.25, -0.2) is 0 Å². The molecule has 126 valence electrons. The lowest BCUT2D eigenvalue weighted by Gasteiger charge is -2.09. The molecule has 2 aromatic carbocycles. The van der Waals surface area contributed by atoms with E-state index in [2.05, 4.69) is 15.6 Å². The first-order chi connectivity index (χ1) is 12.1. The van der Waals surface area contributed by atoms with Gasteiger partial charge >= 0.3 is 0 Å². The van der Waals surface area contributed by atoms with Gasteiger partial charge in [0.1, 0.15) is 5.69 Å². The number of hydrogen-bond donors (Lipinski definition) is 2. The van der Waals surface area contributed by atoms with Gasteiger partial charge < -0.3 is 10.6 Å². The molecule has 25 heavy (non-hydrogen) atoms. The van der Waals surface area contributed by atoms with Crippen molar-refractivity contribution in [2.45, 2.75) is 6.54 Å². The van der Waals surface area contributed by atoms with E-state index < -0.39 is 0 Å². The number of pyridine rings is 1. The van der Waals surface area contributed by atoms with E-state index in [1.807, 2.05) is 30.3 Å². The fraction of sp³-hybridized carbons (Fsp3) is 0.0526. The summed E-state index contributed by atoms with van der Waals surface area (Å²) < 4.78 is 0. The molecule has 0 atom stereocenters. The Balaban J connectivity index is 1.67. The SMILES string of the molecule is O=C(Nc1ccccc1Cl)c1cc(NCc2ccc(Cl)cc2)ccn1. The Morgan fingerprint density at radius 1 is 1.00 bits per heavy atom. The van der Waals surface area contributed by atoms with Crippen LogP contribution >= 0.6 is 23.2 Å². The minimum absolute atomic E-state index is 0.307. The van der Waals surface area contributed by atoms with Crippen LogP contribution in [0.25, 0.3) is 0 Å². The normalized spacial score (nSPS) is 10.3. The Labute approximate surface area is 155 Å². The van der Waals surface area contributed by atoms with Crippen molar-refractivity contribution in [3.8, 4) is 0 Å². The molecule has 0 aliphatic heterocycles. The molecule has 2 N–H and O–H groups in total. The lowest BCUT2D eigenvalue weighted by atomic mass is 10.2. The zero-order valence-electron chi connectivity index (χ0n) is 13.2. The smallest absolute Gasteiger partial charge is 0.274 e. The van der Waals surface area contributed by atoms with Crippen LogP contribution in [0.3, 0.4) is 0 Å². The first-order valence-corrected chi connectivity index (χ1v) is 8.38. The minimum atomic E-state index is -0.316. The van der Waals surface area contributed by atoms with Crippen LogP contribution in [0.4, 0.5) is 11.4 Å². The molecule has 6 heteroatoms. The van der Waals surface area contributed by atoms with E-state index in [0.717, 1.165) is 11.3 Å². The zero-order valence-corrected chi connectivity index (χ0v) is 14.7. The monoisotopic (exact) mass is 371 g/mol.